The Labute approximate surface area is 627 Å². The van der Waals surface area contributed by atoms with Gasteiger partial charge in [-0.15, -0.1) is 0 Å². The largest absolute Gasteiger partial charge is 0.462 e. The van der Waals surface area contributed by atoms with Crippen LogP contribution in [0.4, 0.5) is 0 Å². The van der Waals surface area contributed by atoms with Crippen LogP contribution in [0.5, 0.6) is 0 Å². The van der Waals surface area contributed by atoms with Gasteiger partial charge in [-0.25, -0.2) is 14.4 Å². The predicted octanol–water partition coefficient (Wildman–Crippen LogP) is 5.96. The number of rotatable bonds is 33. The zero-order chi connectivity index (χ0) is 77.6. The van der Waals surface area contributed by atoms with Gasteiger partial charge in [0.1, 0.15) is 75.2 Å². The van der Waals surface area contributed by atoms with Crippen molar-refractivity contribution >= 4 is 108 Å². The number of alkyl halides is 3. The van der Waals surface area contributed by atoms with Crippen LogP contribution in [0.15, 0.2) is 121 Å². The molecule has 0 aliphatic carbocycles. The number of amides is 2. The van der Waals surface area contributed by atoms with E-state index in [1.54, 1.807) is 97.1 Å². The fraction of sp³-hybridized carbons (Fsp3) is 0.514. The smallest absolute Gasteiger partial charge is 0.367 e. The van der Waals surface area contributed by atoms with Crippen molar-refractivity contribution < 1.29 is 134 Å². The Balaban J connectivity index is 1.47. The summed E-state index contributed by atoms with van der Waals surface area (Å²) in [6.45, 7) is 9.31. The van der Waals surface area contributed by atoms with E-state index in [1.165, 1.54) is 24.3 Å². The number of hydrogen-bond acceptors (Lipinski definition) is 28. The minimum atomic E-state index is -3.29. The van der Waals surface area contributed by atoms with Crippen LogP contribution >= 0.6 is 34.8 Å². The molecule has 4 aromatic carbocycles. The van der Waals surface area contributed by atoms with Gasteiger partial charge in [0.25, 0.3) is 15.5 Å². The van der Waals surface area contributed by atoms with Gasteiger partial charge in [-0.3, -0.25) is 38.4 Å². The lowest BCUT2D eigenvalue weighted by atomic mass is 9.87. The van der Waals surface area contributed by atoms with Crippen molar-refractivity contribution in [2.45, 2.75) is 208 Å². The lowest BCUT2D eigenvalue weighted by Crippen LogP contribution is -2.72. The highest BCUT2D eigenvalue weighted by molar-refractivity contribution is 6.76. The maximum absolute atomic E-state index is 16.0. The van der Waals surface area contributed by atoms with E-state index in [9.17, 15) is 53.1 Å². The van der Waals surface area contributed by atoms with Gasteiger partial charge in [-0.2, -0.15) is 0 Å². The monoisotopic (exact) mass is 1560 g/mol. The zero-order valence-corrected chi connectivity index (χ0v) is 63.0. The van der Waals surface area contributed by atoms with Gasteiger partial charge >= 0.3 is 53.7 Å². The Hall–Kier alpha value is -8.18. The molecule has 3 fully saturated rings. The maximum Gasteiger partial charge on any atom is 0.367 e. The number of carbonyl (C=O) groups is 11. The van der Waals surface area contributed by atoms with Gasteiger partial charge in [0, 0.05) is 69.6 Å². The number of esters is 9. The summed E-state index contributed by atoms with van der Waals surface area (Å²) in [6.07, 6.45) is -29.6. The van der Waals surface area contributed by atoms with Gasteiger partial charge in [0.2, 0.25) is 5.91 Å². The van der Waals surface area contributed by atoms with Crippen LogP contribution in [0.25, 0.3) is 0 Å². The van der Waals surface area contributed by atoms with Crippen molar-refractivity contribution in [3.63, 3.8) is 0 Å². The molecule has 0 radical (unpaired) electrons. The maximum atomic E-state index is 16.0. The molecule has 34 heteroatoms. The van der Waals surface area contributed by atoms with E-state index in [0.717, 1.165) is 48.5 Å². The topological polar surface area (TPSA) is 380 Å². The molecule has 7 rings (SSSR count). The summed E-state index contributed by atoms with van der Waals surface area (Å²) in [5, 5.41) is 18.2. The van der Waals surface area contributed by atoms with Gasteiger partial charge < -0.3 is 91.5 Å². The lowest BCUT2D eigenvalue weighted by Gasteiger charge is -2.52. The summed E-state index contributed by atoms with van der Waals surface area (Å²) in [6, 6.07) is 29.7. The molecule has 3 aliphatic rings. The van der Waals surface area contributed by atoms with Crippen molar-refractivity contribution in [2.75, 3.05) is 26.4 Å². The van der Waals surface area contributed by atoms with Gasteiger partial charge in [-0.05, 0) is 34.9 Å². The van der Waals surface area contributed by atoms with Crippen LogP contribution in [-0.4, -0.2) is 213 Å². The van der Waals surface area contributed by atoms with Crippen molar-refractivity contribution in [3.8, 4) is 0 Å². The summed E-state index contributed by atoms with van der Waals surface area (Å²) in [4.78, 5) is 152. The number of aliphatic hydroxyl groups is 1. The van der Waals surface area contributed by atoms with Gasteiger partial charge in [-0.1, -0.05) is 164 Å². The van der Waals surface area contributed by atoms with E-state index in [2.05, 4.69) is 10.6 Å². The van der Waals surface area contributed by atoms with Crippen LogP contribution in [0.3, 0.4) is 0 Å². The molecule has 2 amide bonds. The van der Waals surface area contributed by atoms with E-state index in [4.69, 9.17) is 111 Å². The second-order valence-corrected chi connectivity index (χ2v) is 34.1. The third-order valence-corrected chi connectivity index (χ3v) is 18.5. The number of benzene rings is 4. The van der Waals surface area contributed by atoms with Crippen LogP contribution in [0.2, 0.25) is 25.7 Å². The number of hydrogen-bond donors (Lipinski definition) is 3. The Kier molecular flexibility index (Phi) is 31.8. The molecule has 3 heterocycles. The van der Waals surface area contributed by atoms with E-state index in [0.29, 0.717) is 22.7 Å². The molecule has 0 unspecified atom stereocenters. The van der Waals surface area contributed by atoms with Crippen LogP contribution < -0.4 is 10.6 Å². The first-order valence-corrected chi connectivity index (χ1v) is 38.5. The molecule has 4 aromatic rings. The number of aliphatic hydroxyl groups excluding tert-OH is 1. The lowest BCUT2D eigenvalue weighted by molar-refractivity contribution is -0.382. The van der Waals surface area contributed by atoms with Crippen LogP contribution in [0.1, 0.15) is 81.9 Å². The molecule has 0 bridgehead atoms. The predicted molar refractivity (Wildman–Crippen MR) is 373 cm³/mol. The van der Waals surface area contributed by atoms with E-state index in [1.807, 2.05) is 19.6 Å². The first-order chi connectivity index (χ1) is 50.1. The average Bonchev–Trinajstić information content (AvgIpc) is 0.740. The highest BCUT2D eigenvalue weighted by atomic mass is 35.6. The standard InChI is InChI=1S/C72H87Cl3N2O28Si/c1-40(78)76-56-52(96-42(3)80)34-71(70(89)95-36-49-27-19-13-20-28-49,104-62(56)59(98-44(5)82)54(97-43(4)81)38-91-41(2)79)105-63-60(99-45(6)83)55(39-94-65(86)50-29-21-14-22-30-50)102-68(64(63)100-46(7)84)103-61-57(77-69(88)72(73,74)75)67(90-31-32-106(8,9)10)101-53(58(61)85)37-92-51(33-47-23-15-11-16-24-47)66(87)93-35-48-25-17-12-18-26-48/h11-30,51-64,67-68,85H,31-39H2,1-10H3,(H,76,78)(H,77,88)/t51-,52-,53+,54+,55+,56+,57+,58-,59+,60-,61+,62+,63-,64+,67+,68-,71-/m0/s1. The SMILES string of the molecule is CC(=O)N[C@H]1[C@H]([C@H](OC(C)=O)[C@@H](COC(C)=O)OC(C)=O)O[C@@](O[C@H]2[C@@H](OC(C)=O)[C@@H](COC(=O)c3ccccc3)O[C@@H](O[C@H]3[C@@H](O)[C@@H](CO[C@@H](Cc4ccccc4)C(=O)OCc4ccccc4)O[C@@H](OCC[Si](C)(C)C)[C@@H]3NC(=O)C(Cl)(Cl)Cl)[C@@H]2OC(C)=O)(C(=O)OCc2ccccc2)C[C@@H]1OC(C)=O. The molecular formula is C72H87Cl3N2O28Si. The second kappa shape index (κ2) is 39.6. The molecule has 0 spiro atoms. The molecule has 3 N–H and O–H groups in total. The quantitative estimate of drug-likeness (QED) is 0.0214. The fourth-order valence-electron chi connectivity index (χ4n) is 11.6. The molecular weight excluding hydrogens is 1480 g/mol. The first kappa shape index (κ1) is 85.1. The first-order valence-electron chi connectivity index (χ1n) is 33.7. The third kappa shape index (κ3) is 25.8. The van der Waals surface area contributed by atoms with Gasteiger partial charge in [0.15, 0.2) is 43.1 Å². The molecule has 0 saturated carbocycles. The summed E-state index contributed by atoms with van der Waals surface area (Å²) < 4.78 is 96.5. The summed E-state index contributed by atoms with van der Waals surface area (Å²) in [5.41, 5.74) is 1.59. The number of halogens is 3. The molecule has 106 heavy (non-hydrogen) atoms. The zero-order valence-electron chi connectivity index (χ0n) is 59.8. The van der Waals surface area contributed by atoms with Crippen molar-refractivity contribution in [1.29, 1.82) is 0 Å². The van der Waals surface area contributed by atoms with Crippen LogP contribution in [0, 0.1) is 0 Å². The fourth-order valence-corrected chi connectivity index (χ4v) is 12.5. The van der Waals surface area contributed by atoms with E-state index in [-0.39, 0.29) is 25.2 Å². The van der Waals surface area contributed by atoms with E-state index >= 15 is 4.79 Å². The molecule has 3 aliphatic heterocycles. The van der Waals surface area contributed by atoms with Crippen molar-refractivity contribution in [2.24, 2.45) is 0 Å². The average molecular weight is 1560 g/mol. The molecule has 17 atom stereocenters. The molecule has 578 valence electrons. The summed E-state index contributed by atoms with van der Waals surface area (Å²) in [7, 11) is -2.02. The van der Waals surface area contributed by atoms with Crippen molar-refractivity contribution in [3.05, 3.63) is 144 Å². The van der Waals surface area contributed by atoms with Crippen molar-refractivity contribution in [1.82, 2.24) is 10.6 Å². The third-order valence-electron chi connectivity index (χ3n) is 16.3. The minimum Gasteiger partial charge on any atom is -0.462 e. The molecule has 30 nitrogen and oxygen atoms in total. The summed E-state index contributed by atoms with van der Waals surface area (Å²) >= 11 is 18.8. The highest BCUT2D eigenvalue weighted by Crippen LogP contribution is 2.43. The Morgan fingerprint density at radius 1 is 0.585 bits per heavy atom. The second-order valence-electron chi connectivity index (χ2n) is 26.2. The summed E-state index contributed by atoms with van der Waals surface area (Å²) in [5.74, 6) is -15.5. The number of carbonyl (C=O) groups excluding carboxylic acids is 11. The Morgan fingerprint density at radius 3 is 1.67 bits per heavy atom. The molecule has 3 saturated heterocycles. The van der Waals surface area contributed by atoms with Crippen LogP contribution in [-0.2, 0) is 143 Å². The van der Waals surface area contributed by atoms with E-state index < -0.39 is 214 Å². The Bertz CT molecular complexity index is 3630. The highest BCUT2D eigenvalue weighted by Gasteiger charge is 2.64. The molecule has 0 aromatic heterocycles. The number of ether oxygens (including phenoxy) is 16. The van der Waals surface area contributed by atoms with Gasteiger partial charge in [0.05, 0.1) is 24.6 Å². The Morgan fingerprint density at radius 2 is 1.13 bits per heavy atom. The minimum absolute atomic E-state index is 0.0161. The normalized spacial score (nSPS) is 25.2. The number of nitrogens with one attached hydrogen (secondary N) is 2.